The molecule has 3 N–H and O–H groups in total. The third-order valence-corrected chi connectivity index (χ3v) is 12.6. The van der Waals surface area contributed by atoms with Gasteiger partial charge in [-0.2, -0.15) is 0 Å². The number of hydrogen-bond acceptors (Lipinski definition) is 4. The summed E-state index contributed by atoms with van der Waals surface area (Å²) in [7, 11) is 0. The maximum absolute atomic E-state index is 14.9. The van der Waals surface area contributed by atoms with Gasteiger partial charge in [-0.3, -0.25) is 9.69 Å². The smallest absolute Gasteiger partial charge is 0.193 e. The average molecular weight is 679 g/mol. The number of nitrogens with zero attached hydrogens (tertiary/aromatic N) is 1. The van der Waals surface area contributed by atoms with Crippen LogP contribution in [0.3, 0.4) is 0 Å². The number of rotatable bonds is 5. The van der Waals surface area contributed by atoms with Crippen molar-refractivity contribution in [1.82, 2.24) is 9.88 Å². The summed E-state index contributed by atoms with van der Waals surface area (Å²) in [5.41, 5.74) is 9.05. The van der Waals surface area contributed by atoms with E-state index in [4.69, 9.17) is 0 Å². The fraction of sp³-hybridized carbons (Fsp3) is 0.370. The van der Waals surface area contributed by atoms with Crippen molar-refractivity contribution in [3.8, 4) is 11.1 Å². The second kappa shape index (κ2) is 13.7. The number of β-amino-alcohol motifs (C(OH)–C–C–N with tert-alkyl or cyclic N) is 1. The van der Waals surface area contributed by atoms with Crippen LogP contribution in [-0.2, 0) is 19.4 Å². The van der Waals surface area contributed by atoms with Crippen molar-refractivity contribution in [3.05, 3.63) is 142 Å². The third-order valence-electron chi connectivity index (χ3n) is 12.6. The molecule has 9 rings (SSSR count). The van der Waals surface area contributed by atoms with Crippen LogP contribution in [0.25, 0.3) is 22.0 Å². The van der Waals surface area contributed by atoms with Gasteiger partial charge in [-0.05, 0) is 104 Å². The molecular formula is C46H50N2O3. The molecule has 5 nitrogen and oxygen atoms in total. The van der Waals surface area contributed by atoms with Gasteiger partial charge in [-0.15, -0.1) is 0 Å². The first-order valence-electron chi connectivity index (χ1n) is 18.9. The lowest BCUT2D eigenvalue weighted by molar-refractivity contribution is -0.0857. The standard InChI is InChI=1S/C46H50N2O3/c1-31-11-10-24-45(2)41(22-25-46(45,51)30-48-26-23-38-37-15-8-9-17-42(37)47-43(38)29-48)36-21-19-32(27-34(49)20-18-31)28-40(36)44(50)39-16-7-6-14-35(39)33-12-4-3-5-13-33/h3-9,11-17,19,21,28,34,41,47,49,51H,10,18,20,22-27,29-30H2,1-2H3/t34-,41-,45-,46+/m0/s1. The molecule has 0 amide bonds. The molecule has 1 saturated carbocycles. The van der Waals surface area contributed by atoms with Crippen LogP contribution < -0.4 is 0 Å². The van der Waals surface area contributed by atoms with Crippen LogP contribution in [-0.4, -0.2) is 50.7 Å². The molecule has 0 saturated heterocycles. The van der Waals surface area contributed by atoms with Crippen LogP contribution in [0.1, 0.15) is 96.6 Å². The zero-order valence-corrected chi connectivity index (χ0v) is 30.0. The van der Waals surface area contributed by atoms with Gasteiger partial charge in [0.15, 0.2) is 5.78 Å². The van der Waals surface area contributed by atoms with Crippen LogP contribution in [0.2, 0.25) is 0 Å². The molecule has 0 radical (unpaired) electrons. The maximum atomic E-state index is 14.9. The number of aromatic nitrogens is 1. The van der Waals surface area contributed by atoms with E-state index in [9.17, 15) is 15.0 Å². The van der Waals surface area contributed by atoms with Gasteiger partial charge in [-0.25, -0.2) is 0 Å². The lowest BCUT2D eigenvalue weighted by Crippen LogP contribution is -2.53. The molecule has 1 fully saturated rings. The van der Waals surface area contributed by atoms with Crippen molar-refractivity contribution in [2.75, 3.05) is 13.1 Å². The van der Waals surface area contributed by atoms with E-state index in [0.29, 0.717) is 36.9 Å². The molecule has 4 aromatic carbocycles. The molecule has 262 valence electrons. The van der Waals surface area contributed by atoms with Crippen molar-refractivity contribution in [2.45, 2.75) is 89.4 Å². The van der Waals surface area contributed by atoms with E-state index in [1.807, 2.05) is 42.5 Å². The zero-order valence-electron chi connectivity index (χ0n) is 30.0. The van der Waals surface area contributed by atoms with Gasteiger partial charge < -0.3 is 15.2 Å². The fourth-order valence-corrected chi connectivity index (χ4v) is 9.65. The van der Waals surface area contributed by atoms with Gasteiger partial charge >= 0.3 is 0 Å². The first kappa shape index (κ1) is 33.8. The summed E-state index contributed by atoms with van der Waals surface area (Å²) in [6.45, 7) is 6.76. The van der Waals surface area contributed by atoms with Crippen LogP contribution in [0.4, 0.5) is 0 Å². The highest BCUT2D eigenvalue weighted by Crippen LogP contribution is 2.59. The Morgan fingerprint density at radius 3 is 2.55 bits per heavy atom. The number of hydrogen-bond donors (Lipinski definition) is 3. The van der Waals surface area contributed by atoms with Gasteiger partial charge in [0.1, 0.15) is 0 Å². The molecule has 2 bridgehead atoms. The first-order valence-corrected chi connectivity index (χ1v) is 18.9. The zero-order chi connectivity index (χ0) is 35.2. The number of carbonyl (C=O) groups is 1. The van der Waals surface area contributed by atoms with Crippen molar-refractivity contribution in [3.63, 3.8) is 0 Å². The van der Waals surface area contributed by atoms with Crippen molar-refractivity contribution in [1.29, 1.82) is 0 Å². The van der Waals surface area contributed by atoms with E-state index in [1.165, 1.54) is 27.7 Å². The Bertz CT molecular complexity index is 2100. The Kier molecular flexibility index (Phi) is 9.08. The minimum absolute atomic E-state index is 0.00351. The normalized spacial score (nSPS) is 25.6. The molecule has 0 unspecified atom stereocenters. The molecule has 4 aliphatic rings. The number of nitrogens with one attached hydrogen (secondary N) is 1. The topological polar surface area (TPSA) is 76.6 Å². The highest BCUT2D eigenvalue weighted by Gasteiger charge is 2.57. The van der Waals surface area contributed by atoms with E-state index in [-0.39, 0.29) is 11.7 Å². The number of aliphatic hydroxyl groups is 2. The Morgan fingerprint density at radius 1 is 0.902 bits per heavy atom. The Labute approximate surface area is 302 Å². The van der Waals surface area contributed by atoms with Crippen molar-refractivity contribution in [2.24, 2.45) is 5.41 Å². The number of fused-ring (bicyclic) bond motifs is 11. The second-order valence-corrected chi connectivity index (χ2v) is 15.8. The minimum Gasteiger partial charge on any atom is -0.393 e. The molecule has 51 heavy (non-hydrogen) atoms. The first-order chi connectivity index (χ1) is 24.7. The average Bonchev–Trinajstić information content (AvgIpc) is 3.63. The molecule has 2 heterocycles. The lowest BCUT2D eigenvalue weighted by Gasteiger charge is -2.46. The van der Waals surface area contributed by atoms with E-state index in [0.717, 1.165) is 67.4 Å². The summed E-state index contributed by atoms with van der Waals surface area (Å²) < 4.78 is 0. The maximum Gasteiger partial charge on any atom is 0.193 e. The van der Waals surface area contributed by atoms with Crippen LogP contribution in [0.15, 0.2) is 109 Å². The quantitative estimate of drug-likeness (QED) is 0.128. The summed E-state index contributed by atoms with van der Waals surface area (Å²) in [5.74, 6) is -0.00169. The van der Waals surface area contributed by atoms with Gasteiger partial charge in [0.05, 0.1) is 11.7 Å². The van der Waals surface area contributed by atoms with E-state index in [2.05, 4.69) is 84.4 Å². The van der Waals surface area contributed by atoms with Crippen molar-refractivity contribution < 1.29 is 15.0 Å². The number of aromatic amines is 1. The molecule has 1 aromatic heterocycles. The molecule has 3 aliphatic carbocycles. The number of benzene rings is 4. The summed E-state index contributed by atoms with van der Waals surface area (Å²) in [6, 6.07) is 32.9. The Hall–Kier alpha value is -4.29. The molecule has 4 atom stereocenters. The number of ketones is 1. The van der Waals surface area contributed by atoms with Crippen LogP contribution in [0, 0.1) is 5.41 Å². The molecule has 0 spiro atoms. The third kappa shape index (κ3) is 6.30. The number of carbonyl (C=O) groups excluding carboxylic acids is 1. The van der Waals surface area contributed by atoms with Crippen LogP contribution in [0.5, 0.6) is 0 Å². The highest BCUT2D eigenvalue weighted by molar-refractivity contribution is 6.13. The predicted molar refractivity (Wildman–Crippen MR) is 206 cm³/mol. The van der Waals surface area contributed by atoms with E-state index in [1.54, 1.807) is 0 Å². The van der Waals surface area contributed by atoms with Gasteiger partial charge in [0, 0.05) is 52.8 Å². The van der Waals surface area contributed by atoms with Gasteiger partial charge in [-0.1, -0.05) is 104 Å². The summed E-state index contributed by atoms with van der Waals surface area (Å²) >= 11 is 0. The van der Waals surface area contributed by atoms with E-state index < -0.39 is 17.1 Å². The van der Waals surface area contributed by atoms with Gasteiger partial charge in [0.25, 0.3) is 0 Å². The fourth-order valence-electron chi connectivity index (χ4n) is 9.65. The number of para-hydroxylation sites is 1. The molecule has 5 aromatic rings. The minimum atomic E-state index is -0.933. The number of H-pyrrole nitrogens is 1. The number of allylic oxidation sites excluding steroid dienone is 2. The summed E-state index contributed by atoms with van der Waals surface area (Å²) in [5, 5.41) is 25.4. The van der Waals surface area contributed by atoms with Gasteiger partial charge in [0.2, 0.25) is 0 Å². The van der Waals surface area contributed by atoms with E-state index >= 15 is 0 Å². The summed E-state index contributed by atoms with van der Waals surface area (Å²) in [6.07, 6.45) is 7.98. The molecular weight excluding hydrogens is 629 g/mol. The second-order valence-electron chi connectivity index (χ2n) is 15.8. The van der Waals surface area contributed by atoms with Crippen LogP contribution >= 0.6 is 0 Å². The molecule has 1 aliphatic heterocycles. The SMILES string of the molecule is CC1=CCC[C@@]2(C)[C@@H](CC[C@@]2(O)CN2CCc3c([nH]c4ccccc34)C2)c2ccc(cc2C(=O)c2ccccc2-c2ccccc2)C[C@@H](O)CC1. The highest BCUT2D eigenvalue weighted by atomic mass is 16.3. The summed E-state index contributed by atoms with van der Waals surface area (Å²) in [4.78, 5) is 21.1. The predicted octanol–water partition coefficient (Wildman–Crippen LogP) is 9.16. The Balaban J connectivity index is 1.19. The largest absolute Gasteiger partial charge is 0.393 e. The monoisotopic (exact) mass is 678 g/mol. The molecule has 5 heteroatoms. The Morgan fingerprint density at radius 2 is 1.69 bits per heavy atom. The van der Waals surface area contributed by atoms with Crippen molar-refractivity contribution >= 4 is 16.7 Å². The number of aliphatic hydroxyl groups excluding tert-OH is 1. The lowest BCUT2D eigenvalue weighted by atomic mass is 9.64.